The average molecular weight is 279 g/mol. The zero-order chi connectivity index (χ0) is 13.6. The Morgan fingerprint density at radius 1 is 1.44 bits per heavy atom. The monoisotopic (exact) mass is 279 g/mol. The zero-order valence-electron chi connectivity index (χ0n) is 10.8. The Hall–Kier alpha value is -0.860. The molecule has 18 heavy (non-hydrogen) atoms. The number of amides is 1. The lowest BCUT2D eigenvalue weighted by Gasteiger charge is -2.34. The summed E-state index contributed by atoms with van der Waals surface area (Å²) in [5, 5.41) is 2.97. The average Bonchev–Trinajstić information content (AvgIpc) is 2.29. The highest BCUT2D eigenvalue weighted by molar-refractivity contribution is 7.87. The van der Waals surface area contributed by atoms with Gasteiger partial charge in [0.25, 0.3) is 0 Å². The second kappa shape index (κ2) is 6.91. The topological polar surface area (TPSA) is 87.7 Å². The van der Waals surface area contributed by atoms with Crippen LogP contribution in [0.25, 0.3) is 0 Å². The number of hydrogen-bond acceptors (Lipinski definition) is 5. The summed E-state index contributed by atoms with van der Waals surface area (Å²) in [5.41, 5.74) is 0. The van der Waals surface area contributed by atoms with Crippen LogP contribution in [0.2, 0.25) is 0 Å². The fraction of sp³-hybridized carbons (Fsp3) is 0.900. The van der Waals surface area contributed by atoms with Crippen molar-refractivity contribution in [1.82, 2.24) is 14.3 Å². The molecule has 1 rings (SSSR count). The minimum Gasteiger partial charge on any atom is -0.449 e. The number of nitrogens with one attached hydrogen (secondary N) is 2. The highest BCUT2D eigenvalue weighted by Gasteiger charge is 2.33. The van der Waals surface area contributed by atoms with Gasteiger partial charge in [0.1, 0.15) is 0 Å². The van der Waals surface area contributed by atoms with Crippen LogP contribution in [-0.2, 0) is 14.9 Å². The van der Waals surface area contributed by atoms with Crippen molar-refractivity contribution in [1.29, 1.82) is 0 Å². The molecule has 0 aromatic rings. The van der Waals surface area contributed by atoms with Gasteiger partial charge in [0.2, 0.25) is 0 Å². The van der Waals surface area contributed by atoms with Crippen LogP contribution >= 0.6 is 0 Å². The molecule has 0 spiro atoms. The number of carbonyl (C=O) groups excluding carboxylic acids is 1. The summed E-state index contributed by atoms with van der Waals surface area (Å²) in [6.07, 6.45) is 1.68. The number of nitrogens with zero attached hydrogens (tertiary/aromatic N) is 1. The van der Waals surface area contributed by atoms with Crippen molar-refractivity contribution < 1.29 is 17.9 Å². The van der Waals surface area contributed by atoms with Crippen molar-refractivity contribution in [3.05, 3.63) is 0 Å². The second-order valence-corrected chi connectivity index (χ2v) is 5.77. The van der Waals surface area contributed by atoms with Gasteiger partial charge in [-0.2, -0.15) is 12.7 Å². The van der Waals surface area contributed by atoms with Crippen LogP contribution in [0.4, 0.5) is 4.79 Å². The predicted molar refractivity (Wildman–Crippen MR) is 67.3 cm³/mol. The third-order valence-electron chi connectivity index (χ3n) is 2.81. The highest BCUT2D eigenvalue weighted by atomic mass is 32.2. The first kappa shape index (κ1) is 15.2. The number of likely N-dealkylation sites (N-methyl/N-ethyl adjacent to an activating group) is 1. The third kappa shape index (κ3) is 4.11. The normalized spacial score (nSPS) is 21.6. The van der Waals surface area contributed by atoms with Crippen LogP contribution in [-0.4, -0.2) is 51.6 Å². The minimum atomic E-state index is -3.81. The first-order valence-corrected chi connectivity index (χ1v) is 7.56. The molecule has 1 saturated heterocycles. The Labute approximate surface area is 108 Å². The van der Waals surface area contributed by atoms with Crippen LogP contribution in [0.1, 0.15) is 26.2 Å². The molecule has 1 fully saturated rings. The molecule has 1 aliphatic rings. The van der Waals surface area contributed by atoms with E-state index in [1.165, 1.54) is 4.31 Å². The van der Waals surface area contributed by atoms with E-state index in [-0.39, 0.29) is 12.6 Å². The van der Waals surface area contributed by atoms with Gasteiger partial charge in [-0.05, 0) is 26.8 Å². The number of carbonyl (C=O) groups is 1. The van der Waals surface area contributed by atoms with Crippen molar-refractivity contribution in [2.45, 2.75) is 32.2 Å². The molecule has 1 unspecified atom stereocenters. The molecule has 2 N–H and O–H groups in total. The van der Waals surface area contributed by atoms with Crippen LogP contribution in [0.15, 0.2) is 0 Å². The molecule has 7 nitrogen and oxygen atoms in total. The van der Waals surface area contributed by atoms with Gasteiger partial charge >= 0.3 is 16.3 Å². The smallest absolute Gasteiger partial charge is 0.421 e. The van der Waals surface area contributed by atoms with Gasteiger partial charge in [0, 0.05) is 19.1 Å². The van der Waals surface area contributed by atoms with Crippen LogP contribution in [0.3, 0.4) is 0 Å². The largest absolute Gasteiger partial charge is 0.449 e. The van der Waals surface area contributed by atoms with E-state index in [1.54, 1.807) is 14.0 Å². The van der Waals surface area contributed by atoms with Gasteiger partial charge < -0.3 is 10.1 Å². The van der Waals surface area contributed by atoms with Gasteiger partial charge in [0.05, 0.1) is 6.61 Å². The van der Waals surface area contributed by atoms with Gasteiger partial charge in [-0.3, -0.25) is 0 Å². The molecule has 106 valence electrons. The van der Waals surface area contributed by atoms with E-state index in [4.69, 9.17) is 0 Å². The fourth-order valence-electron chi connectivity index (χ4n) is 2.05. The first-order chi connectivity index (χ1) is 8.51. The molecule has 0 aliphatic carbocycles. The van der Waals surface area contributed by atoms with E-state index >= 15 is 0 Å². The maximum Gasteiger partial charge on any atom is 0.421 e. The van der Waals surface area contributed by atoms with Crippen LogP contribution in [0.5, 0.6) is 0 Å². The molecule has 1 heterocycles. The van der Waals surface area contributed by atoms with Gasteiger partial charge in [-0.1, -0.05) is 6.42 Å². The Morgan fingerprint density at radius 2 is 2.17 bits per heavy atom. The molecular weight excluding hydrogens is 258 g/mol. The van der Waals surface area contributed by atoms with E-state index in [2.05, 4.69) is 10.1 Å². The molecule has 1 aliphatic heterocycles. The quantitative estimate of drug-likeness (QED) is 0.742. The molecular formula is C10H21N3O4S. The second-order valence-electron chi connectivity index (χ2n) is 4.15. The lowest BCUT2D eigenvalue weighted by Crippen LogP contribution is -2.53. The summed E-state index contributed by atoms with van der Waals surface area (Å²) in [5.74, 6) is 0. The SMILES string of the molecule is CCOC(=O)NS(=O)(=O)N1CCCCC1CNC. The number of piperidine rings is 1. The Morgan fingerprint density at radius 3 is 2.78 bits per heavy atom. The summed E-state index contributed by atoms with van der Waals surface area (Å²) in [6.45, 7) is 2.77. The van der Waals surface area contributed by atoms with Crippen LogP contribution < -0.4 is 10.0 Å². The van der Waals surface area contributed by atoms with Crippen molar-refractivity contribution in [2.75, 3.05) is 26.7 Å². The lowest BCUT2D eigenvalue weighted by molar-refractivity contribution is 0.157. The first-order valence-electron chi connectivity index (χ1n) is 6.12. The maximum atomic E-state index is 12.0. The molecule has 1 atom stereocenters. The summed E-state index contributed by atoms with van der Waals surface area (Å²) in [7, 11) is -2.03. The van der Waals surface area contributed by atoms with Crippen molar-refractivity contribution >= 4 is 16.3 Å². The molecule has 0 aromatic heterocycles. The van der Waals surface area contributed by atoms with Gasteiger partial charge in [0.15, 0.2) is 0 Å². The molecule has 0 aromatic carbocycles. The predicted octanol–water partition coefficient (Wildman–Crippen LogP) is 0.0512. The molecule has 0 saturated carbocycles. The highest BCUT2D eigenvalue weighted by Crippen LogP contribution is 2.19. The lowest BCUT2D eigenvalue weighted by atomic mass is 10.1. The van der Waals surface area contributed by atoms with E-state index in [1.807, 2.05) is 4.72 Å². The van der Waals surface area contributed by atoms with E-state index in [0.717, 1.165) is 19.3 Å². The van der Waals surface area contributed by atoms with Crippen LogP contribution in [0, 0.1) is 0 Å². The van der Waals surface area contributed by atoms with Crippen molar-refractivity contribution in [2.24, 2.45) is 0 Å². The fourth-order valence-corrected chi connectivity index (χ4v) is 3.38. The summed E-state index contributed by atoms with van der Waals surface area (Å²) < 4.78 is 31.9. The van der Waals surface area contributed by atoms with Gasteiger partial charge in [-0.25, -0.2) is 9.52 Å². The van der Waals surface area contributed by atoms with E-state index in [9.17, 15) is 13.2 Å². The zero-order valence-corrected chi connectivity index (χ0v) is 11.6. The molecule has 0 radical (unpaired) electrons. The Bertz CT molecular complexity index is 369. The summed E-state index contributed by atoms with van der Waals surface area (Å²) in [6, 6.07) is -0.115. The van der Waals surface area contributed by atoms with Crippen molar-refractivity contribution in [3.63, 3.8) is 0 Å². The molecule has 1 amide bonds. The minimum absolute atomic E-state index is 0.115. The maximum absolute atomic E-state index is 12.0. The number of hydrogen-bond donors (Lipinski definition) is 2. The summed E-state index contributed by atoms with van der Waals surface area (Å²) in [4.78, 5) is 11.2. The Kier molecular flexibility index (Phi) is 5.83. The molecule has 8 heteroatoms. The van der Waals surface area contributed by atoms with E-state index in [0.29, 0.717) is 13.1 Å². The third-order valence-corrected chi connectivity index (χ3v) is 4.33. The van der Waals surface area contributed by atoms with E-state index < -0.39 is 16.3 Å². The number of rotatable bonds is 5. The number of ether oxygens (including phenoxy) is 1. The molecule has 0 bridgehead atoms. The van der Waals surface area contributed by atoms with Gasteiger partial charge in [-0.15, -0.1) is 0 Å². The summed E-state index contributed by atoms with van der Waals surface area (Å²) >= 11 is 0. The van der Waals surface area contributed by atoms with Crippen molar-refractivity contribution in [3.8, 4) is 0 Å². The standard InChI is InChI=1S/C10H21N3O4S/c1-3-17-10(14)12-18(15,16)13-7-5-4-6-9(13)8-11-2/h9,11H,3-8H2,1-2H3,(H,12,14). The Balaban J connectivity index is 2.71.